The number of ketones is 1. The molecule has 0 saturated heterocycles. The van der Waals surface area contributed by atoms with Gasteiger partial charge in [-0.15, -0.1) is 0 Å². The van der Waals surface area contributed by atoms with Crippen LogP contribution in [0, 0.1) is 46.3 Å². The summed E-state index contributed by atoms with van der Waals surface area (Å²) in [5.74, 6) is -1.48. The summed E-state index contributed by atoms with van der Waals surface area (Å²) in [5.41, 5.74) is -0.662. The van der Waals surface area contributed by atoms with Crippen molar-refractivity contribution in [3.63, 3.8) is 0 Å². The molecule has 0 aromatic carbocycles. The summed E-state index contributed by atoms with van der Waals surface area (Å²) in [6, 6.07) is 0. The van der Waals surface area contributed by atoms with Crippen LogP contribution in [-0.2, 0) is 9.59 Å². The quantitative estimate of drug-likeness (QED) is 0.725. The van der Waals surface area contributed by atoms with E-state index >= 15 is 0 Å². The Morgan fingerprint density at radius 3 is 2.64 bits per heavy atom. The fourth-order valence-corrected chi connectivity index (χ4v) is 7.91. The van der Waals surface area contributed by atoms with Gasteiger partial charge in [0.2, 0.25) is 0 Å². The number of carbonyl (C=O) groups excluding carboxylic acids is 1. The lowest BCUT2D eigenvalue weighted by molar-refractivity contribution is -0.169. The van der Waals surface area contributed by atoms with Gasteiger partial charge in [0.25, 0.3) is 0 Å². The molecule has 4 aliphatic rings. The number of hydrogen-bond donors (Lipinski definition) is 2. The number of carboxylic acids is 1. The lowest BCUT2D eigenvalue weighted by Crippen LogP contribution is -2.58. The molecular weight excluding hydrogens is 352 g/mol. The number of carboxylic acid groups (broad SMARTS) is 1. The van der Waals surface area contributed by atoms with Gasteiger partial charge in [0.15, 0.2) is 0 Å². The number of aliphatic hydroxyl groups is 1. The molecule has 0 spiro atoms. The zero-order valence-corrected chi connectivity index (χ0v) is 17.4. The first-order valence-corrected chi connectivity index (χ1v) is 11.1. The third kappa shape index (κ3) is 3.05. The van der Waals surface area contributed by atoms with Crippen LogP contribution in [0.4, 0.5) is 0 Å². The summed E-state index contributed by atoms with van der Waals surface area (Å²) >= 11 is 0. The van der Waals surface area contributed by atoms with Crippen LogP contribution in [-0.4, -0.2) is 28.1 Å². The van der Waals surface area contributed by atoms with Gasteiger partial charge in [-0.05, 0) is 91.3 Å². The lowest BCUT2D eigenvalue weighted by atomic mass is 9.44. The van der Waals surface area contributed by atoms with E-state index in [2.05, 4.69) is 13.8 Å². The van der Waals surface area contributed by atoms with E-state index in [1.54, 1.807) is 0 Å². The molecule has 4 nitrogen and oxygen atoms in total. The molecule has 0 radical (unpaired) electrons. The number of hydrogen-bond acceptors (Lipinski definition) is 3. The Balaban J connectivity index is 1.65. The molecule has 0 amide bonds. The zero-order valence-electron chi connectivity index (χ0n) is 21.4. The molecule has 4 aliphatic carbocycles. The fourth-order valence-electron chi connectivity index (χ4n) is 7.91. The first-order chi connectivity index (χ1) is 14.7. The van der Waals surface area contributed by atoms with Gasteiger partial charge in [-0.25, -0.2) is 0 Å². The molecule has 4 rings (SSSR count). The number of fused-ring (bicyclic) bond motifs is 5. The molecule has 0 aromatic heterocycles. The molecule has 28 heavy (non-hydrogen) atoms. The van der Waals surface area contributed by atoms with Crippen molar-refractivity contribution in [2.45, 2.75) is 91.0 Å². The van der Waals surface area contributed by atoms with Crippen molar-refractivity contribution in [3.05, 3.63) is 0 Å². The number of aliphatic carboxylic acids is 1. The zero-order chi connectivity index (χ0) is 23.9. The normalized spacial score (nSPS) is 54.8. The Labute approximate surface area is 175 Å². The minimum absolute atomic E-state index is 0.00574. The molecule has 0 heterocycles. The molecular formula is C24H38O4. The maximum Gasteiger partial charge on any atom is 0.303 e. The number of Topliss-reactive ketones (excluding diaryl/α,β-unsaturated/α-hetero) is 1. The summed E-state index contributed by atoms with van der Waals surface area (Å²) in [6.07, 6.45) is -0.390. The molecule has 2 N–H and O–H groups in total. The van der Waals surface area contributed by atoms with E-state index in [0.29, 0.717) is 12.3 Å². The Morgan fingerprint density at radius 2 is 1.93 bits per heavy atom. The maximum atomic E-state index is 12.6. The molecule has 0 aromatic rings. The molecule has 158 valence electrons. The maximum absolute atomic E-state index is 12.6. The molecule has 4 heteroatoms. The summed E-state index contributed by atoms with van der Waals surface area (Å²) in [6.45, 7) is 6.42. The van der Waals surface area contributed by atoms with Crippen molar-refractivity contribution >= 4 is 11.8 Å². The van der Waals surface area contributed by atoms with Crippen LogP contribution in [0.2, 0.25) is 0 Å². The monoisotopic (exact) mass is 394 g/mol. The number of rotatable bonds is 4. The van der Waals surface area contributed by atoms with Crippen LogP contribution >= 0.6 is 0 Å². The minimum atomic E-state index is -2.27. The van der Waals surface area contributed by atoms with Crippen LogP contribution in [0.3, 0.4) is 0 Å². The Hall–Kier alpha value is -0.900. The van der Waals surface area contributed by atoms with E-state index in [9.17, 15) is 14.7 Å². The second-order valence-electron chi connectivity index (χ2n) is 10.6. The van der Waals surface area contributed by atoms with Gasteiger partial charge in [0, 0.05) is 24.6 Å². The predicted octanol–water partition coefficient (Wildman–Crippen LogP) is 4.69. The van der Waals surface area contributed by atoms with E-state index < -0.39 is 41.9 Å². The number of carbonyl (C=O) groups is 2. The smallest absolute Gasteiger partial charge is 0.303 e. The minimum Gasteiger partial charge on any atom is -0.481 e. The first-order valence-electron chi connectivity index (χ1n) is 13.1. The highest BCUT2D eigenvalue weighted by atomic mass is 16.4. The van der Waals surface area contributed by atoms with E-state index in [0.717, 1.165) is 25.7 Å². The second-order valence-corrected chi connectivity index (χ2v) is 10.6. The molecule has 9 atom stereocenters. The lowest BCUT2D eigenvalue weighted by Gasteiger charge is -2.62. The second kappa shape index (κ2) is 7.11. The molecule has 0 unspecified atom stereocenters. The van der Waals surface area contributed by atoms with Gasteiger partial charge in [0.05, 0.1) is 6.10 Å². The largest absolute Gasteiger partial charge is 0.481 e. The summed E-state index contributed by atoms with van der Waals surface area (Å²) in [5, 5.41) is 20.4. The third-order valence-corrected chi connectivity index (χ3v) is 9.41. The average Bonchev–Trinajstić information content (AvgIpc) is 3.03. The Bertz CT molecular complexity index is 801. The van der Waals surface area contributed by atoms with Crippen LogP contribution in [0.15, 0.2) is 0 Å². The fraction of sp³-hybridized carbons (Fsp3) is 0.917. The van der Waals surface area contributed by atoms with E-state index in [-0.39, 0.29) is 48.3 Å². The topological polar surface area (TPSA) is 74.6 Å². The van der Waals surface area contributed by atoms with Gasteiger partial charge in [-0.1, -0.05) is 20.8 Å². The SMILES string of the molecule is [2H]C1([2H])C[C@@]2(C)[C@H](C[C@@H](O)[C@@H]3[C@@H]2CC[C@]2(C)[C@@H]([C@H](C)CCC(=O)O)CC[C@@H]32)C([2H])([2H])C1=O. The predicted molar refractivity (Wildman–Crippen MR) is 108 cm³/mol. The van der Waals surface area contributed by atoms with Gasteiger partial charge < -0.3 is 10.2 Å². The van der Waals surface area contributed by atoms with Crippen molar-refractivity contribution < 1.29 is 25.3 Å². The van der Waals surface area contributed by atoms with Gasteiger partial charge in [0.1, 0.15) is 5.78 Å². The van der Waals surface area contributed by atoms with Crippen molar-refractivity contribution in [1.82, 2.24) is 0 Å². The van der Waals surface area contributed by atoms with E-state index in [1.165, 1.54) is 0 Å². The number of aliphatic hydroxyl groups excluding tert-OH is 1. The summed E-state index contributed by atoms with van der Waals surface area (Å²) in [7, 11) is 0. The van der Waals surface area contributed by atoms with E-state index in [4.69, 9.17) is 10.6 Å². The summed E-state index contributed by atoms with van der Waals surface area (Å²) in [4.78, 5) is 23.7. The average molecular weight is 395 g/mol. The Kier molecular flexibility index (Phi) is 4.03. The van der Waals surface area contributed by atoms with Gasteiger partial charge in [-0.2, -0.15) is 0 Å². The standard InChI is InChI=1S/C24H38O4/c1-14(4-7-21(27)28)17-5-6-18-22-19(9-11-24(17,18)3)23(2)10-8-16(25)12-15(23)13-20(22)26/h14-15,17-20,22,26H,4-13H2,1-3H3,(H,27,28)/t14-,15+,17-,18+,19+,20-,22+,23+,24-/m1/s1/i8D2,12D2. The van der Waals surface area contributed by atoms with Crippen LogP contribution in [0.25, 0.3) is 0 Å². The van der Waals surface area contributed by atoms with Crippen molar-refractivity contribution in [2.75, 3.05) is 0 Å². The van der Waals surface area contributed by atoms with Crippen LogP contribution in [0.1, 0.15) is 90.4 Å². The third-order valence-electron chi connectivity index (χ3n) is 9.41. The highest BCUT2D eigenvalue weighted by Gasteiger charge is 2.62. The van der Waals surface area contributed by atoms with Crippen LogP contribution in [0.5, 0.6) is 0 Å². The molecule has 4 saturated carbocycles. The van der Waals surface area contributed by atoms with Crippen LogP contribution < -0.4 is 0 Å². The first kappa shape index (κ1) is 15.9. The highest BCUT2D eigenvalue weighted by molar-refractivity contribution is 5.79. The molecule has 0 aliphatic heterocycles. The van der Waals surface area contributed by atoms with Crippen molar-refractivity contribution in [2.24, 2.45) is 46.3 Å². The van der Waals surface area contributed by atoms with Gasteiger partial charge in [-0.3, -0.25) is 9.59 Å². The molecule has 0 bridgehead atoms. The van der Waals surface area contributed by atoms with Crippen molar-refractivity contribution in [1.29, 1.82) is 0 Å². The van der Waals surface area contributed by atoms with Crippen molar-refractivity contribution in [3.8, 4) is 0 Å². The van der Waals surface area contributed by atoms with Gasteiger partial charge >= 0.3 is 5.97 Å². The van der Waals surface area contributed by atoms with E-state index in [1.807, 2.05) is 6.92 Å². The summed E-state index contributed by atoms with van der Waals surface area (Å²) < 4.78 is 33.6. The Morgan fingerprint density at radius 1 is 1.21 bits per heavy atom. The highest BCUT2D eigenvalue weighted by Crippen LogP contribution is 2.68. The molecule has 4 fully saturated rings.